The van der Waals surface area contributed by atoms with Gasteiger partial charge in [0.05, 0.1) is 40.9 Å². The number of ether oxygens (including phenoxy) is 1. The number of fused-ring (bicyclic) bond motifs is 1. The van der Waals surface area contributed by atoms with Crippen LogP contribution in [-0.4, -0.2) is 72.8 Å². The fourth-order valence-electron chi connectivity index (χ4n) is 5.02. The number of aliphatic hydroxyl groups excluding tert-OH is 1. The summed E-state index contributed by atoms with van der Waals surface area (Å²) in [5.41, 5.74) is -0.420. The lowest BCUT2D eigenvalue weighted by atomic mass is 10.0. The summed E-state index contributed by atoms with van der Waals surface area (Å²) in [5.74, 6) is -0.594. The number of rotatable bonds is 4. The molecule has 2 atom stereocenters. The number of likely N-dealkylation sites (tertiary alicyclic amines) is 1. The molecule has 0 bridgehead atoms. The highest BCUT2D eigenvalue weighted by Crippen LogP contribution is 2.37. The second-order valence-electron chi connectivity index (χ2n) is 11.3. The smallest absolute Gasteiger partial charge is 0.416 e. The number of aromatic nitrogens is 2. The van der Waals surface area contributed by atoms with Crippen molar-refractivity contribution < 1.29 is 37.4 Å². The van der Waals surface area contributed by atoms with Crippen molar-refractivity contribution >= 4 is 57.6 Å². The van der Waals surface area contributed by atoms with E-state index in [-0.39, 0.29) is 41.5 Å². The van der Waals surface area contributed by atoms with Gasteiger partial charge in [-0.2, -0.15) is 18.3 Å². The highest BCUT2D eigenvalue weighted by atomic mass is 35.5. The number of hydrogen-bond acceptors (Lipinski definition) is 7. The van der Waals surface area contributed by atoms with E-state index in [1.165, 1.54) is 34.0 Å². The maximum atomic E-state index is 13.6. The molecule has 3 heterocycles. The number of carbonyl (C=O) groups excluding carboxylic acids is 3. The molecule has 2 aliphatic heterocycles. The Morgan fingerprint density at radius 3 is 2.63 bits per heavy atom. The fourth-order valence-corrected chi connectivity index (χ4v) is 6.07. The molecular weight excluding hydrogens is 609 g/mol. The first-order chi connectivity index (χ1) is 20.1. The number of benzene rings is 2. The van der Waals surface area contributed by atoms with Gasteiger partial charge in [0.25, 0.3) is 11.1 Å². The standard InChI is InChI=1S/C29H28ClF3N4O5S/c1-28(2,3)42-26(40)35-9-8-23(38)22(15-35)37-25(39)24(43-27(37)41)11-16-4-7-21-18(10-16)13-34-36(21)14-17-5-6-19(30)12-20(17)29(31,32)33/h4-7,10-13,22-23,38H,8-9,14-15H2,1-3H3/b24-11-. The van der Waals surface area contributed by atoms with Gasteiger partial charge in [-0.15, -0.1) is 0 Å². The van der Waals surface area contributed by atoms with Crippen LogP contribution < -0.4 is 0 Å². The Bertz CT molecular complexity index is 1630. The van der Waals surface area contributed by atoms with Crippen LogP contribution in [0, 0.1) is 0 Å². The lowest BCUT2D eigenvalue weighted by Crippen LogP contribution is -2.58. The predicted molar refractivity (Wildman–Crippen MR) is 155 cm³/mol. The van der Waals surface area contributed by atoms with Gasteiger partial charge in [-0.1, -0.05) is 23.7 Å². The van der Waals surface area contributed by atoms with Crippen LogP contribution in [0.3, 0.4) is 0 Å². The van der Waals surface area contributed by atoms with Crippen molar-refractivity contribution in [2.24, 2.45) is 0 Å². The number of hydrogen-bond donors (Lipinski definition) is 1. The molecule has 1 N–H and O–H groups in total. The van der Waals surface area contributed by atoms with Crippen molar-refractivity contribution in [3.05, 3.63) is 69.2 Å². The second kappa shape index (κ2) is 11.5. The molecule has 0 saturated carbocycles. The first kappa shape index (κ1) is 30.9. The zero-order valence-corrected chi connectivity index (χ0v) is 25.0. The van der Waals surface area contributed by atoms with Gasteiger partial charge in [0.15, 0.2) is 0 Å². The number of piperidine rings is 1. The van der Waals surface area contributed by atoms with Crippen molar-refractivity contribution in [3.8, 4) is 0 Å². The van der Waals surface area contributed by atoms with E-state index in [0.717, 1.165) is 22.7 Å². The van der Waals surface area contributed by atoms with Crippen molar-refractivity contribution in [1.82, 2.24) is 19.6 Å². The minimum atomic E-state index is -4.58. The van der Waals surface area contributed by atoms with E-state index in [1.54, 1.807) is 39.0 Å². The first-order valence-corrected chi connectivity index (χ1v) is 14.5. The average Bonchev–Trinajstić information content (AvgIpc) is 3.42. The van der Waals surface area contributed by atoms with Crippen LogP contribution in [0.2, 0.25) is 5.02 Å². The molecule has 0 aliphatic carbocycles. The number of aliphatic hydroxyl groups is 1. The average molecular weight is 637 g/mol. The van der Waals surface area contributed by atoms with Gasteiger partial charge in [0.1, 0.15) is 5.60 Å². The molecule has 43 heavy (non-hydrogen) atoms. The van der Waals surface area contributed by atoms with E-state index in [4.69, 9.17) is 16.3 Å². The molecule has 5 rings (SSSR count). The van der Waals surface area contributed by atoms with Crippen LogP contribution >= 0.6 is 23.4 Å². The molecule has 0 spiro atoms. The molecule has 2 aliphatic rings. The van der Waals surface area contributed by atoms with Gasteiger partial charge in [0.2, 0.25) is 0 Å². The Morgan fingerprint density at radius 1 is 1.19 bits per heavy atom. The van der Waals surface area contributed by atoms with E-state index in [9.17, 15) is 32.7 Å². The number of amides is 3. The lowest BCUT2D eigenvalue weighted by Gasteiger charge is -2.39. The van der Waals surface area contributed by atoms with E-state index in [2.05, 4.69) is 5.10 Å². The summed E-state index contributed by atoms with van der Waals surface area (Å²) in [6.45, 7) is 5.21. The maximum absolute atomic E-state index is 13.6. The molecule has 14 heteroatoms. The Kier molecular flexibility index (Phi) is 8.27. The third kappa shape index (κ3) is 6.68. The summed E-state index contributed by atoms with van der Waals surface area (Å²) < 4.78 is 47.6. The summed E-state index contributed by atoms with van der Waals surface area (Å²) in [5, 5.41) is 14.9. The van der Waals surface area contributed by atoms with Gasteiger partial charge >= 0.3 is 12.3 Å². The third-order valence-corrected chi connectivity index (χ3v) is 8.13. The van der Waals surface area contributed by atoms with Gasteiger partial charge < -0.3 is 14.7 Å². The highest BCUT2D eigenvalue weighted by Gasteiger charge is 2.45. The second-order valence-corrected chi connectivity index (χ2v) is 12.8. The molecule has 3 aromatic rings. The van der Waals surface area contributed by atoms with E-state index in [0.29, 0.717) is 16.5 Å². The van der Waals surface area contributed by atoms with Crippen molar-refractivity contribution in [2.45, 2.75) is 57.7 Å². The minimum Gasteiger partial charge on any atom is -0.444 e. The van der Waals surface area contributed by atoms with Crippen molar-refractivity contribution in [2.75, 3.05) is 13.1 Å². The van der Waals surface area contributed by atoms with E-state index < -0.39 is 46.7 Å². The normalized spacial score (nSPS) is 20.9. The summed E-state index contributed by atoms with van der Waals surface area (Å²) in [7, 11) is 0. The number of nitrogens with zero attached hydrogens (tertiary/aromatic N) is 4. The first-order valence-electron chi connectivity index (χ1n) is 13.3. The molecule has 2 saturated heterocycles. The largest absolute Gasteiger partial charge is 0.444 e. The van der Waals surface area contributed by atoms with Crippen molar-refractivity contribution in [1.29, 1.82) is 0 Å². The molecular formula is C29H28ClF3N4O5S. The van der Waals surface area contributed by atoms with Crippen LogP contribution in [-0.2, 0) is 22.3 Å². The van der Waals surface area contributed by atoms with Crippen LogP contribution in [0.5, 0.6) is 0 Å². The molecule has 0 radical (unpaired) electrons. The molecule has 2 unspecified atom stereocenters. The third-order valence-electron chi connectivity index (χ3n) is 7.01. The fraction of sp³-hybridized carbons (Fsp3) is 0.379. The topological polar surface area (TPSA) is 105 Å². The van der Waals surface area contributed by atoms with Gasteiger partial charge in [-0.3, -0.25) is 19.2 Å². The van der Waals surface area contributed by atoms with Crippen molar-refractivity contribution in [3.63, 3.8) is 0 Å². The number of carbonyl (C=O) groups is 3. The number of thioether (sulfide) groups is 1. The van der Waals surface area contributed by atoms with Gasteiger partial charge in [-0.25, -0.2) is 4.79 Å². The van der Waals surface area contributed by atoms with Crippen LogP contribution in [0.4, 0.5) is 22.8 Å². The summed E-state index contributed by atoms with van der Waals surface area (Å²) in [4.78, 5) is 41.3. The quantitative estimate of drug-likeness (QED) is 0.342. The summed E-state index contributed by atoms with van der Waals surface area (Å²) in [6.07, 6.45) is -2.97. The molecule has 2 fully saturated rings. The zero-order chi connectivity index (χ0) is 31.3. The summed E-state index contributed by atoms with van der Waals surface area (Å²) >= 11 is 6.52. The zero-order valence-electron chi connectivity index (χ0n) is 23.4. The SMILES string of the molecule is CC(C)(C)OC(=O)N1CCC(O)C(N2C(=O)S/C(=C\c3ccc4c(cnn4Cc4ccc(Cl)cc4C(F)(F)F)c3)C2=O)C1. The predicted octanol–water partition coefficient (Wildman–Crippen LogP) is 6.16. The summed E-state index contributed by atoms with van der Waals surface area (Å²) in [6, 6.07) is 7.71. The molecule has 228 valence electrons. The highest BCUT2D eigenvalue weighted by molar-refractivity contribution is 8.18. The molecule has 3 amide bonds. The minimum absolute atomic E-state index is 0.00906. The lowest BCUT2D eigenvalue weighted by molar-refractivity contribution is -0.138. The Hall–Kier alpha value is -3.55. The van der Waals surface area contributed by atoms with Crippen LogP contribution in [0.15, 0.2) is 47.5 Å². The Morgan fingerprint density at radius 2 is 1.93 bits per heavy atom. The number of imide groups is 1. The van der Waals surface area contributed by atoms with Gasteiger partial charge in [-0.05, 0) is 80.4 Å². The van der Waals surface area contributed by atoms with Gasteiger partial charge in [0, 0.05) is 23.5 Å². The van der Waals surface area contributed by atoms with Crippen LogP contribution in [0.1, 0.15) is 43.9 Å². The maximum Gasteiger partial charge on any atom is 0.416 e. The number of halogens is 4. The molecule has 1 aromatic heterocycles. The Labute approximate surface area is 254 Å². The van der Waals surface area contributed by atoms with E-state index in [1.807, 2.05) is 0 Å². The molecule has 2 aromatic carbocycles. The number of alkyl halides is 3. The Balaban J connectivity index is 1.35. The van der Waals surface area contributed by atoms with Crippen LogP contribution in [0.25, 0.3) is 17.0 Å². The molecule has 9 nitrogen and oxygen atoms in total. The van der Waals surface area contributed by atoms with E-state index >= 15 is 0 Å². The monoisotopic (exact) mass is 636 g/mol.